The van der Waals surface area contributed by atoms with Crippen molar-refractivity contribution >= 4 is 0 Å². The lowest BCUT2D eigenvalue weighted by atomic mass is 9.96. The van der Waals surface area contributed by atoms with Crippen LogP contribution in [0.5, 0.6) is 5.75 Å². The van der Waals surface area contributed by atoms with Gasteiger partial charge in [0.05, 0.1) is 25.4 Å². The Labute approximate surface area is 163 Å². The molecule has 1 aliphatic rings. The van der Waals surface area contributed by atoms with Gasteiger partial charge in [0.1, 0.15) is 5.82 Å². The maximum Gasteiger partial charge on any atom is 0.201 e. The van der Waals surface area contributed by atoms with Crippen LogP contribution >= 0.6 is 0 Å². The first-order valence-electron chi connectivity index (χ1n) is 9.68. The number of rotatable bonds is 7. The first-order chi connectivity index (χ1) is 13.5. The second-order valence-electron chi connectivity index (χ2n) is 6.80. The van der Waals surface area contributed by atoms with E-state index in [-0.39, 0.29) is 29.1 Å². The molecule has 2 aromatic carbocycles. The number of hydrogen-bond donors (Lipinski definition) is 0. The first kappa shape index (κ1) is 20.7. The van der Waals surface area contributed by atoms with E-state index in [1.165, 1.54) is 18.2 Å². The molecule has 2 atom stereocenters. The summed E-state index contributed by atoms with van der Waals surface area (Å²) in [5.41, 5.74) is 0.679. The molecule has 6 heteroatoms. The van der Waals surface area contributed by atoms with E-state index >= 15 is 0 Å². The van der Waals surface area contributed by atoms with Crippen LogP contribution in [0.15, 0.2) is 30.3 Å². The van der Waals surface area contributed by atoms with Gasteiger partial charge in [-0.2, -0.15) is 4.39 Å². The maximum absolute atomic E-state index is 14.7. The van der Waals surface area contributed by atoms with Gasteiger partial charge >= 0.3 is 0 Å². The van der Waals surface area contributed by atoms with E-state index in [0.717, 1.165) is 6.42 Å². The topological polar surface area (TPSA) is 27.7 Å². The van der Waals surface area contributed by atoms with Crippen LogP contribution in [0.3, 0.4) is 0 Å². The van der Waals surface area contributed by atoms with E-state index in [4.69, 9.17) is 14.2 Å². The van der Waals surface area contributed by atoms with Gasteiger partial charge in [-0.15, -0.1) is 0 Å². The maximum atomic E-state index is 14.7. The standard InChI is InChI=1S/C22H25F3O3/c1-3-11-27-20-10-8-16(21(24)22(20)25)14-5-7-17(18(23)12-14)19-9-6-15(13-28-19)26-4-2/h5,7-8,10,12,15,19H,3-4,6,9,11,13H2,1-2H3. The number of hydrogen-bond acceptors (Lipinski definition) is 3. The Morgan fingerprint density at radius 3 is 2.50 bits per heavy atom. The summed E-state index contributed by atoms with van der Waals surface area (Å²) in [4.78, 5) is 0. The summed E-state index contributed by atoms with van der Waals surface area (Å²) in [5, 5.41) is 0. The van der Waals surface area contributed by atoms with Gasteiger partial charge in [0.15, 0.2) is 11.6 Å². The Hall–Kier alpha value is -2.05. The summed E-state index contributed by atoms with van der Waals surface area (Å²) in [6, 6.07) is 7.16. The third-order valence-corrected chi connectivity index (χ3v) is 4.80. The predicted molar refractivity (Wildman–Crippen MR) is 101 cm³/mol. The van der Waals surface area contributed by atoms with Gasteiger partial charge in [-0.1, -0.05) is 19.1 Å². The molecule has 2 unspecified atom stereocenters. The van der Waals surface area contributed by atoms with E-state index < -0.39 is 17.5 Å². The highest BCUT2D eigenvalue weighted by Crippen LogP contribution is 2.35. The van der Waals surface area contributed by atoms with Crippen molar-refractivity contribution in [1.82, 2.24) is 0 Å². The fraction of sp³-hybridized carbons (Fsp3) is 0.455. The Kier molecular flexibility index (Phi) is 6.97. The van der Waals surface area contributed by atoms with Crippen LogP contribution in [0.4, 0.5) is 13.2 Å². The van der Waals surface area contributed by atoms with Crippen molar-refractivity contribution in [3.63, 3.8) is 0 Å². The summed E-state index contributed by atoms with van der Waals surface area (Å²) < 4.78 is 59.8. The molecule has 1 saturated heterocycles. The summed E-state index contributed by atoms with van der Waals surface area (Å²) in [6.45, 7) is 5.13. The van der Waals surface area contributed by atoms with E-state index in [0.29, 0.717) is 38.2 Å². The first-order valence-corrected chi connectivity index (χ1v) is 9.68. The molecular formula is C22H25F3O3. The van der Waals surface area contributed by atoms with Gasteiger partial charge < -0.3 is 14.2 Å². The summed E-state index contributed by atoms with van der Waals surface area (Å²) in [6.07, 6.45) is 1.79. The average Bonchev–Trinajstić information content (AvgIpc) is 2.70. The molecule has 2 aromatic rings. The molecule has 0 bridgehead atoms. The molecule has 0 aromatic heterocycles. The molecule has 0 saturated carbocycles. The molecule has 152 valence electrons. The van der Waals surface area contributed by atoms with E-state index in [1.54, 1.807) is 12.1 Å². The monoisotopic (exact) mass is 394 g/mol. The molecule has 1 aliphatic heterocycles. The van der Waals surface area contributed by atoms with Crippen molar-refractivity contribution in [3.05, 3.63) is 53.3 Å². The van der Waals surface area contributed by atoms with Crippen molar-refractivity contribution in [1.29, 1.82) is 0 Å². The van der Waals surface area contributed by atoms with Crippen molar-refractivity contribution in [2.75, 3.05) is 19.8 Å². The van der Waals surface area contributed by atoms with E-state index in [1.807, 2.05) is 13.8 Å². The molecule has 0 spiro atoms. The Bertz CT molecular complexity index is 802. The lowest BCUT2D eigenvalue weighted by molar-refractivity contribution is -0.0849. The Morgan fingerprint density at radius 1 is 1.04 bits per heavy atom. The minimum atomic E-state index is -1.06. The van der Waals surface area contributed by atoms with Crippen LogP contribution < -0.4 is 4.74 Å². The predicted octanol–water partition coefficient (Wildman–Crippen LogP) is 5.82. The van der Waals surface area contributed by atoms with Crippen LogP contribution in [0.25, 0.3) is 11.1 Å². The van der Waals surface area contributed by atoms with Crippen LogP contribution in [0.2, 0.25) is 0 Å². The van der Waals surface area contributed by atoms with Crippen molar-refractivity contribution in [3.8, 4) is 16.9 Å². The zero-order valence-corrected chi connectivity index (χ0v) is 16.1. The average molecular weight is 394 g/mol. The Balaban J connectivity index is 1.78. The van der Waals surface area contributed by atoms with Crippen LogP contribution in [0.1, 0.15) is 44.8 Å². The number of halogens is 3. The molecule has 3 nitrogen and oxygen atoms in total. The summed E-state index contributed by atoms with van der Waals surface area (Å²) >= 11 is 0. The van der Waals surface area contributed by atoms with Crippen LogP contribution in [0, 0.1) is 17.5 Å². The van der Waals surface area contributed by atoms with E-state index in [9.17, 15) is 13.2 Å². The molecule has 0 amide bonds. The largest absolute Gasteiger partial charge is 0.490 e. The minimum absolute atomic E-state index is 0.00669. The third kappa shape index (κ3) is 4.50. The number of benzene rings is 2. The molecule has 0 N–H and O–H groups in total. The van der Waals surface area contributed by atoms with Crippen molar-refractivity contribution in [2.45, 2.75) is 45.3 Å². The van der Waals surface area contributed by atoms with Crippen LogP contribution in [-0.2, 0) is 9.47 Å². The zero-order valence-electron chi connectivity index (χ0n) is 16.1. The zero-order chi connectivity index (χ0) is 20.1. The second kappa shape index (κ2) is 9.43. The van der Waals surface area contributed by atoms with E-state index in [2.05, 4.69) is 0 Å². The highest BCUT2D eigenvalue weighted by atomic mass is 19.2. The highest BCUT2D eigenvalue weighted by Gasteiger charge is 2.26. The molecule has 1 heterocycles. The second-order valence-corrected chi connectivity index (χ2v) is 6.80. The molecule has 28 heavy (non-hydrogen) atoms. The molecule has 0 aliphatic carbocycles. The van der Waals surface area contributed by atoms with Gasteiger partial charge in [-0.05, 0) is 49.9 Å². The number of ether oxygens (including phenoxy) is 3. The molecule has 0 radical (unpaired) electrons. The van der Waals surface area contributed by atoms with Gasteiger partial charge in [-0.25, -0.2) is 8.78 Å². The van der Waals surface area contributed by atoms with Gasteiger partial charge in [0, 0.05) is 17.7 Å². The van der Waals surface area contributed by atoms with Gasteiger partial charge in [0.2, 0.25) is 5.82 Å². The van der Waals surface area contributed by atoms with Gasteiger partial charge in [0.25, 0.3) is 0 Å². The third-order valence-electron chi connectivity index (χ3n) is 4.80. The Morgan fingerprint density at radius 2 is 1.86 bits per heavy atom. The SMILES string of the molecule is CCCOc1ccc(-c2ccc(C3CCC(OCC)CO3)c(F)c2)c(F)c1F. The fourth-order valence-corrected chi connectivity index (χ4v) is 3.37. The fourth-order valence-electron chi connectivity index (χ4n) is 3.37. The molecular weight excluding hydrogens is 369 g/mol. The van der Waals surface area contributed by atoms with Gasteiger partial charge in [-0.3, -0.25) is 0 Å². The lowest BCUT2D eigenvalue weighted by Crippen LogP contribution is -2.27. The van der Waals surface area contributed by atoms with Crippen molar-refractivity contribution < 1.29 is 27.4 Å². The van der Waals surface area contributed by atoms with Crippen LogP contribution in [-0.4, -0.2) is 25.9 Å². The molecule has 3 rings (SSSR count). The summed E-state index contributed by atoms with van der Waals surface area (Å²) in [7, 11) is 0. The van der Waals surface area contributed by atoms with Crippen molar-refractivity contribution in [2.24, 2.45) is 0 Å². The molecule has 1 fully saturated rings. The highest BCUT2D eigenvalue weighted by molar-refractivity contribution is 5.66. The normalized spacial score (nSPS) is 19.6. The quantitative estimate of drug-likeness (QED) is 0.593. The lowest BCUT2D eigenvalue weighted by Gasteiger charge is -2.29. The minimum Gasteiger partial charge on any atom is -0.490 e. The smallest absolute Gasteiger partial charge is 0.201 e. The summed E-state index contributed by atoms with van der Waals surface area (Å²) in [5.74, 6) is -2.75.